The molecular formula is C26H34O5Si. The minimum atomic E-state index is -2.65. The molecule has 0 amide bonds. The number of hydrogen-bond donors (Lipinski definition) is 0. The third-order valence-electron chi connectivity index (χ3n) is 4.95. The van der Waals surface area contributed by atoms with Gasteiger partial charge in [0, 0.05) is 43.4 Å². The maximum Gasteiger partial charge on any atom is 0.500 e. The molecule has 0 spiro atoms. The van der Waals surface area contributed by atoms with Crippen molar-refractivity contribution in [2.45, 2.75) is 46.1 Å². The zero-order valence-electron chi connectivity index (χ0n) is 19.3. The van der Waals surface area contributed by atoms with Gasteiger partial charge in [-0.25, -0.2) is 0 Å². The molecule has 0 saturated carbocycles. The molecule has 5 nitrogen and oxygen atoms in total. The molecule has 0 heterocycles. The summed E-state index contributed by atoms with van der Waals surface area (Å²) in [5, 5.41) is 0. The van der Waals surface area contributed by atoms with Gasteiger partial charge in [-0.1, -0.05) is 60.7 Å². The predicted octanol–water partition coefficient (Wildman–Crippen LogP) is 5.98. The molecule has 0 fully saturated rings. The Kier molecular flexibility index (Phi) is 11.2. The fraction of sp³-hybridized carbons (Fsp3) is 0.385. The van der Waals surface area contributed by atoms with Crippen molar-refractivity contribution in [3.63, 3.8) is 0 Å². The van der Waals surface area contributed by atoms with Crippen molar-refractivity contribution in [1.82, 2.24) is 0 Å². The van der Waals surface area contributed by atoms with Crippen LogP contribution in [0.1, 0.15) is 66.3 Å². The zero-order valence-corrected chi connectivity index (χ0v) is 20.3. The van der Waals surface area contributed by atoms with E-state index in [4.69, 9.17) is 13.3 Å². The minimum Gasteiger partial charge on any atom is -0.374 e. The Morgan fingerprint density at radius 1 is 0.781 bits per heavy atom. The summed E-state index contributed by atoms with van der Waals surface area (Å²) in [7, 11) is -2.65. The monoisotopic (exact) mass is 454 g/mol. The Balaban J connectivity index is 1.85. The molecule has 0 radical (unpaired) electrons. The van der Waals surface area contributed by atoms with Crippen molar-refractivity contribution in [2.75, 3.05) is 19.8 Å². The Morgan fingerprint density at radius 3 is 1.91 bits per heavy atom. The molecule has 2 rings (SSSR count). The molecule has 0 aliphatic rings. The largest absolute Gasteiger partial charge is 0.500 e. The molecule has 0 aliphatic carbocycles. The van der Waals surface area contributed by atoms with Gasteiger partial charge in [0.05, 0.1) is 0 Å². The molecule has 0 saturated heterocycles. The first-order chi connectivity index (χ1) is 15.5. The van der Waals surface area contributed by atoms with Gasteiger partial charge in [0.15, 0.2) is 11.6 Å². The van der Waals surface area contributed by atoms with Gasteiger partial charge < -0.3 is 13.3 Å². The number of rotatable bonds is 15. The van der Waals surface area contributed by atoms with Gasteiger partial charge >= 0.3 is 8.80 Å². The first-order valence-corrected chi connectivity index (χ1v) is 13.3. The highest BCUT2D eigenvalue weighted by Gasteiger charge is 2.39. The lowest BCUT2D eigenvalue weighted by Crippen LogP contribution is -2.45. The summed E-state index contributed by atoms with van der Waals surface area (Å²) in [5.41, 5.74) is 2.16. The van der Waals surface area contributed by atoms with Gasteiger partial charge in [0.2, 0.25) is 0 Å². The standard InChI is InChI=1S/C26H34O5Si/c1-4-29-32(30-5-2,31-6-3)21-11-10-14-25(27)23-16-18-24(19-17-23)26(28)20-15-22-12-8-7-9-13-22/h7-9,12-13,15-20H,4-6,10-11,14,21H2,1-3H3/b20-15+. The Hall–Kier alpha value is -2.38. The molecule has 0 aromatic heterocycles. The van der Waals surface area contributed by atoms with E-state index in [2.05, 4.69) is 0 Å². The number of carbonyl (C=O) groups excluding carboxylic acids is 2. The molecule has 172 valence electrons. The maximum absolute atomic E-state index is 12.6. The van der Waals surface area contributed by atoms with E-state index in [9.17, 15) is 9.59 Å². The van der Waals surface area contributed by atoms with Crippen molar-refractivity contribution in [1.29, 1.82) is 0 Å². The summed E-state index contributed by atoms with van der Waals surface area (Å²) < 4.78 is 17.6. The van der Waals surface area contributed by atoms with Crippen LogP contribution in [0, 0.1) is 0 Å². The predicted molar refractivity (Wildman–Crippen MR) is 130 cm³/mol. The van der Waals surface area contributed by atoms with E-state index in [0.717, 1.165) is 18.4 Å². The third-order valence-corrected chi connectivity index (χ3v) is 8.10. The van der Waals surface area contributed by atoms with E-state index in [0.29, 0.717) is 43.4 Å². The summed E-state index contributed by atoms with van der Waals surface area (Å²) in [6, 6.07) is 17.3. The van der Waals surface area contributed by atoms with Gasteiger partial charge in [0.25, 0.3) is 0 Å². The smallest absolute Gasteiger partial charge is 0.374 e. The van der Waals surface area contributed by atoms with Crippen LogP contribution in [0.5, 0.6) is 0 Å². The number of unbranched alkanes of at least 4 members (excludes halogenated alkanes) is 1. The van der Waals surface area contributed by atoms with Crippen LogP contribution in [0.3, 0.4) is 0 Å². The molecule has 0 aliphatic heterocycles. The number of ketones is 2. The SMILES string of the molecule is CCO[Si](CCCCC(=O)c1ccc(C(=O)/C=C/c2ccccc2)cc1)(OCC)OCC. The molecule has 32 heavy (non-hydrogen) atoms. The van der Waals surface area contributed by atoms with Crippen LogP contribution in [0.2, 0.25) is 6.04 Å². The number of hydrogen-bond acceptors (Lipinski definition) is 5. The molecule has 6 heteroatoms. The van der Waals surface area contributed by atoms with Crippen LogP contribution in [0.4, 0.5) is 0 Å². The lowest BCUT2D eigenvalue weighted by Gasteiger charge is -2.28. The molecule has 0 bridgehead atoms. The third kappa shape index (κ3) is 8.28. The molecule has 2 aromatic rings. The van der Waals surface area contributed by atoms with Crippen LogP contribution in [0.25, 0.3) is 6.08 Å². The van der Waals surface area contributed by atoms with Crippen LogP contribution in [0.15, 0.2) is 60.7 Å². The number of Topliss-reactive ketones (excluding diaryl/α,β-unsaturated/α-hetero) is 1. The van der Waals surface area contributed by atoms with Gasteiger partial charge in [-0.05, 0) is 45.3 Å². The highest BCUT2D eigenvalue weighted by molar-refractivity contribution is 6.60. The summed E-state index contributed by atoms with van der Waals surface area (Å²) in [6.07, 6.45) is 5.32. The summed E-state index contributed by atoms with van der Waals surface area (Å²) in [5.74, 6) is -0.0164. The van der Waals surface area contributed by atoms with E-state index < -0.39 is 8.80 Å². The number of allylic oxidation sites excluding steroid dienone is 1. The number of carbonyl (C=O) groups is 2. The zero-order chi connectivity index (χ0) is 23.2. The van der Waals surface area contributed by atoms with Crippen molar-refractivity contribution in [3.05, 3.63) is 77.4 Å². The fourth-order valence-corrected chi connectivity index (χ4v) is 6.11. The van der Waals surface area contributed by atoms with Crippen LogP contribution >= 0.6 is 0 Å². The fourth-order valence-electron chi connectivity index (χ4n) is 3.43. The minimum absolute atomic E-state index is 0.0697. The molecular weight excluding hydrogens is 420 g/mol. The van der Waals surface area contributed by atoms with Crippen molar-refractivity contribution >= 4 is 26.4 Å². The van der Waals surface area contributed by atoms with Crippen molar-refractivity contribution in [2.24, 2.45) is 0 Å². The average Bonchev–Trinajstić information content (AvgIpc) is 2.81. The van der Waals surface area contributed by atoms with E-state index >= 15 is 0 Å². The topological polar surface area (TPSA) is 61.8 Å². The summed E-state index contributed by atoms with van der Waals surface area (Å²) in [6.45, 7) is 7.48. The van der Waals surface area contributed by atoms with Gasteiger partial charge in [-0.15, -0.1) is 0 Å². The van der Waals surface area contributed by atoms with Crippen molar-refractivity contribution in [3.8, 4) is 0 Å². The highest BCUT2D eigenvalue weighted by atomic mass is 28.4. The maximum atomic E-state index is 12.6. The van der Waals surface area contributed by atoms with Crippen LogP contribution in [-0.4, -0.2) is 40.2 Å². The average molecular weight is 455 g/mol. The quantitative estimate of drug-likeness (QED) is 0.143. The molecule has 0 unspecified atom stereocenters. The second-order valence-corrected chi connectivity index (χ2v) is 10.0. The lowest BCUT2D eigenvalue weighted by molar-refractivity contribution is 0.0703. The normalized spacial score (nSPS) is 11.7. The van der Waals surface area contributed by atoms with Gasteiger partial charge in [-0.3, -0.25) is 9.59 Å². The molecule has 0 atom stereocenters. The van der Waals surface area contributed by atoms with Crippen LogP contribution in [-0.2, 0) is 13.3 Å². The van der Waals surface area contributed by atoms with E-state index in [-0.39, 0.29) is 11.6 Å². The number of benzene rings is 2. The van der Waals surface area contributed by atoms with Gasteiger partial charge in [0.1, 0.15) is 0 Å². The van der Waals surface area contributed by atoms with E-state index in [1.165, 1.54) is 0 Å². The highest BCUT2D eigenvalue weighted by Crippen LogP contribution is 2.21. The second-order valence-electron chi connectivity index (χ2n) is 7.30. The summed E-state index contributed by atoms with van der Waals surface area (Å²) in [4.78, 5) is 24.9. The second kappa shape index (κ2) is 13.9. The van der Waals surface area contributed by atoms with Crippen molar-refractivity contribution < 1.29 is 22.9 Å². The van der Waals surface area contributed by atoms with E-state index in [1.54, 1.807) is 36.4 Å². The molecule has 0 N–H and O–H groups in total. The Morgan fingerprint density at radius 2 is 1.34 bits per heavy atom. The Bertz CT molecular complexity index is 845. The van der Waals surface area contributed by atoms with Crippen LogP contribution < -0.4 is 0 Å². The molecule has 2 aromatic carbocycles. The Labute approximate surface area is 192 Å². The van der Waals surface area contributed by atoms with E-state index in [1.807, 2.05) is 51.1 Å². The first-order valence-electron chi connectivity index (χ1n) is 11.4. The first kappa shape index (κ1) is 25.9. The lowest BCUT2D eigenvalue weighted by atomic mass is 10.0. The van der Waals surface area contributed by atoms with Gasteiger partial charge in [-0.2, -0.15) is 0 Å². The summed E-state index contributed by atoms with van der Waals surface area (Å²) >= 11 is 0.